The first-order chi connectivity index (χ1) is 9.11. The van der Waals surface area contributed by atoms with Gasteiger partial charge in [-0.1, -0.05) is 12.1 Å². The Morgan fingerprint density at radius 3 is 2.68 bits per heavy atom. The lowest BCUT2D eigenvalue weighted by molar-refractivity contribution is 0.630. The highest BCUT2D eigenvalue weighted by atomic mass is 19.1. The molecule has 19 heavy (non-hydrogen) atoms. The van der Waals surface area contributed by atoms with Gasteiger partial charge in [-0.05, 0) is 32.4 Å². The van der Waals surface area contributed by atoms with E-state index in [1.807, 2.05) is 26.8 Å². The SMILES string of the molecule is CCNc1ncc(C)c(Nc2c(C)cccc2F)n1. The molecule has 0 saturated heterocycles. The largest absolute Gasteiger partial charge is 0.354 e. The van der Waals surface area contributed by atoms with Crippen molar-refractivity contribution in [3.63, 3.8) is 0 Å². The highest BCUT2D eigenvalue weighted by Crippen LogP contribution is 2.24. The fourth-order valence-corrected chi connectivity index (χ4v) is 1.72. The molecular formula is C14H17FN4. The number of hydrogen-bond donors (Lipinski definition) is 2. The lowest BCUT2D eigenvalue weighted by atomic mass is 10.2. The molecule has 0 saturated carbocycles. The van der Waals surface area contributed by atoms with E-state index in [1.54, 1.807) is 12.3 Å². The first kappa shape index (κ1) is 13.3. The maximum atomic E-state index is 13.8. The van der Waals surface area contributed by atoms with Crippen LogP contribution in [-0.2, 0) is 0 Å². The molecule has 0 atom stereocenters. The Labute approximate surface area is 112 Å². The van der Waals surface area contributed by atoms with Gasteiger partial charge in [-0.3, -0.25) is 0 Å². The third-order valence-corrected chi connectivity index (χ3v) is 2.77. The summed E-state index contributed by atoms with van der Waals surface area (Å²) in [6.07, 6.45) is 1.71. The summed E-state index contributed by atoms with van der Waals surface area (Å²) >= 11 is 0. The van der Waals surface area contributed by atoms with Crippen molar-refractivity contribution < 1.29 is 4.39 Å². The van der Waals surface area contributed by atoms with E-state index < -0.39 is 0 Å². The molecule has 0 aliphatic heterocycles. The van der Waals surface area contributed by atoms with Crippen molar-refractivity contribution in [2.24, 2.45) is 0 Å². The molecule has 0 radical (unpaired) electrons. The Morgan fingerprint density at radius 1 is 1.21 bits per heavy atom. The van der Waals surface area contributed by atoms with Gasteiger partial charge in [0.1, 0.15) is 11.6 Å². The van der Waals surface area contributed by atoms with Crippen LogP contribution in [0.3, 0.4) is 0 Å². The number of halogens is 1. The molecule has 0 bridgehead atoms. The first-order valence-corrected chi connectivity index (χ1v) is 6.21. The number of para-hydroxylation sites is 1. The van der Waals surface area contributed by atoms with Crippen molar-refractivity contribution in [2.45, 2.75) is 20.8 Å². The van der Waals surface area contributed by atoms with Gasteiger partial charge < -0.3 is 10.6 Å². The van der Waals surface area contributed by atoms with Gasteiger partial charge in [0, 0.05) is 18.3 Å². The highest BCUT2D eigenvalue weighted by Gasteiger charge is 2.09. The Morgan fingerprint density at radius 2 is 2.00 bits per heavy atom. The molecule has 4 nitrogen and oxygen atoms in total. The molecule has 2 aromatic rings. The summed E-state index contributed by atoms with van der Waals surface area (Å²) in [6.45, 7) is 6.44. The molecule has 2 N–H and O–H groups in total. The Hall–Kier alpha value is -2.17. The van der Waals surface area contributed by atoms with Crippen LogP contribution < -0.4 is 10.6 Å². The number of nitrogens with zero attached hydrogens (tertiary/aromatic N) is 2. The summed E-state index contributed by atoms with van der Waals surface area (Å²) in [5.41, 5.74) is 2.15. The summed E-state index contributed by atoms with van der Waals surface area (Å²) in [7, 11) is 0. The van der Waals surface area contributed by atoms with E-state index in [-0.39, 0.29) is 5.82 Å². The van der Waals surface area contributed by atoms with Crippen LogP contribution in [0, 0.1) is 19.7 Å². The van der Waals surface area contributed by atoms with E-state index in [2.05, 4.69) is 20.6 Å². The Bertz CT molecular complexity index is 563. The summed E-state index contributed by atoms with van der Waals surface area (Å²) < 4.78 is 13.8. The molecule has 1 heterocycles. The molecule has 1 aromatic carbocycles. The lowest BCUT2D eigenvalue weighted by Crippen LogP contribution is -2.06. The quantitative estimate of drug-likeness (QED) is 0.884. The highest BCUT2D eigenvalue weighted by molar-refractivity contribution is 5.63. The Balaban J connectivity index is 2.35. The minimum absolute atomic E-state index is 0.289. The third kappa shape index (κ3) is 2.99. The minimum atomic E-state index is -0.289. The van der Waals surface area contributed by atoms with E-state index in [9.17, 15) is 4.39 Å². The standard InChI is InChI=1S/C14H17FN4/c1-4-16-14-17-8-10(3)13(19-14)18-12-9(2)6-5-7-11(12)15/h5-8H,4H2,1-3H3,(H2,16,17,18,19). The number of aromatic nitrogens is 2. The number of benzene rings is 1. The minimum Gasteiger partial charge on any atom is -0.354 e. The van der Waals surface area contributed by atoms with Crippen molar-refractivity contribution in [2.75, 3.05) is 17.2 Å². The zero-order valence-corrected chi connectivity index (χ0v) is 11.3. The maximum Gasteiger partial charge on any atom is 0.224 e. The van der Waals surface area contributed by atoms with E-state index >= 15 is 0 Å². The van der Waals surface area contributed by atoms with Gasteiger partial charge >= 0.3 is 0 Å². The molecule has 5 heteroatoms. The molecule has 100 valence electrons. The number of anilines is 3. The van der Waals surface area contributed by atoms with Crippen LogP contribution in [0.4, 0.5) is 21.8 Å². The van der Waals surface area contributed by atoms with Gasteiger partial charge in [-0.2, -0.15) is 4.98 Å². The summed E-state index contributed by atoms with van der Waals surface area (Å²) in [5.74, 6) is 0.853. The van der Waals surface area contributed by atoms with Gasteiger partial charge in [0.2, 0.25) is 5.95 Å². The number of nitrogens with one attached hydrogen (secondary N) is 2. The fourth-order valence-electron chi connectivity index (χ4n) is 1.72. The molecule has 0 fully saturated rings. The van der Waals surface area contributed by atoms with Crippen molar-refractivity contribution in [3.8, 4) is 0 Å². The Kier molecular flexibility index (Phi) is 3.94. The van der Waals surface area contributed by atoms with E-state index in [1.165, 1.54) is 6.07 Å². The molecule has 1 aromatic heterocycles. The van der Waals surface area contributed by atoms with Crippen LogP contribution in [0.5, 0.6) is 0 Å². The smallest absolute Gasteiger partial charge is 0.224 e. The predicted molar refractivity (Wildman–Crippen MR) is 75.4 cm³/mol. The van der Waals surface area contributed by atoms with Crippen LogP contribution in [0.15, 0.2) is 24.4 Å². The zero-order valence-electron chi connectivity index (χ0n) is 11.3. The van der Waals surface area contributed by atoms with E-state index in [0.717, 1.165) is 17.7 Å². The summed E-state index contributed by atoms with van der Waals surface area (Å²) in [5, 5.41) is 6.08. The average molecular weight is 260 g/mol. The second-order valence-corrected chi connectivity index (χ2v) is 4.31. The van der Waals surface area contributed by atoms with Crippen molar-refractivity contribution in [3.05, 3.63) is 41.3 Å². The number of aryl methyl sites for hydroxylation is 2. The molecule has 0 unspecified atom stereocenters. The molecule has 0 aliphatic rings. The molecule has 0 amide bonds. The van der Waals surface area contributed by atoms with Crippen molar-refractivity contribution >= 4 is 17.5 Å². The molecule has 0 spiro atoms. The number of hydrogen-bond acceptors (Lipinski definition) is 4. The second kappa shape index (κ2) is 5.65. The van der Waals surface area contributed by atoms with Crippen LogP contribution >= 0.6 is 0 Å². The molecular weight excluding hydrogens is 243 g/mol. The van der Waals surface area contributed by atoms with Gasteiger partial charge in [-0.15, -0.1) is 0 Å². The summed E-state index contributed by atoms with van der Waals surface area (Å²) in [4.78, 5) is 8.50. The first-order valence-electron chi connectivity index (χ1n) is 6.21. The predicted octanol–water partition coefficient (Wildman–Crippen LogP) is 3.41. The lowest BCUT2D eigenvalue weighted by Gasteiger charge is -2.12. The fraction of sp³-hybridized carbons (Fsp3) is 0.286. The van der Waals surface area contributed by atoms with Gasteiger partial charge in [-0.25, -0.2) is 9.37 Å². The summed E-state index contributed by atoms with van der Waals surface area (Å²) in [6, 6.07) is 4.97. The topological polar surface area (TPSA) is 49.8 Å². The average Bonchev–Trinajstić information content (AvgIpc) is 2.38. The van der Waals surface area contributed by atoms with E-state index in [0.29, 0.717) is 17.5 Å². The van der Waals surface area contributed by atoms with Gasteiger partial charge in [0.15, 0.2) is 0 Å². The van der Waals surface area contributed by atoms with E-state index in [4.69, 9.17) is 0 Å². The van der Waals surface area contributed by atoms with Crippen molar-refractivity contribution in [1.82, 2.24) is 9.97 Å². The third-order valence-electron chi connectivity index (χ3n) is 2.77. The number of rotatable bonds is 4. The van der Waals surface area contributed by atoms with Gasteiger partial charge in [0.25, 0.3) is 0 Å². The van der Waals surface area contributed by atoms with Gasteiger partial charge in [0.05, 0.1) is 5.69 Å². The monoisotopic (exact) mass is 260 g/mol. The maximum absolute atomic E-state index is 13.8. The molecule has 0 aliphatic carbocycles. The van der Waals surface area contributed by atoms with Crippen LogP contribution in [0.25, 0.3) is 0 Å². The van der Waals surface area contributed by atoms with Crippen LogP contribution in [0.1, 0.15) is 18.1 Å². The normalized spacial score (nSPS) is 10.3. The van der Waals surface area contributed by atoms with Crippen LogP contribution in [-0.4, -0.2) is 16.5 Å². The molecule has 2 rings (SSSR count). The van der Waals surface area contributed by atoms with Crippen molar-refractivity contribution in [1.29, 1.82) is 0 Å². The van der Waals surface area contributed by atoms with Crippen LogP contribution in [0.2, 0.25) is 0 Å². The second-order valence-electron chi connectivity index (χ2n) is 4.31. The zero-order chi connectivity index (χ0) is 13.8.